The van der Waals surface area contributed by atoms with E-state index in [2.05, 4.69) is 29.7 Å². The van der Waals surface area contributed by atoms with Crippen LogP contribution >= 0.6 is 11.6 Å². The Morgan fingerprint density at radius 1 is 0.903 bits per heavy atom. The number of amides is 1. The Hall–Kier alpha value is -3.15. The van der Waals surface area contributed by atoms with Gasteiger partial charge in [-0.05, 0) is 53.9 Å². The zero-order chi connectivity index (χ0) is 21.2. The summed E-state index contributed by atoms with van der Waals surface area (Å²) in [6.45, 7) is 1.75. The second kappa shape index (κ2) is 8.53. The summed E-state index contributed by atoms with van der Waals surface area (Å²) in [5.41, 5.74) is 5.26. The van der Waals surface area contributed by atoms with Gasteiger partial charge in [0.1, 0.15) is 11.5 Å². The highest BCUT2D eigenvalue weighted by Crippen LogP contribution is 2.27. The van der Waals surface area contributed by atoms with Crippen LogP contribution in [0, 0.1) is 0 Å². The Balaban J connectivity index is 1.56. The lowest BCUT2D eigenvalue weighted by Gasteiger charge is -2.26. The lowest BCUT2D eigenvalue weighted by Crippen LogP contribution is -2.45. The molecule has 156 valence electrons. The first kappa shape index (κ1) is 19.8. The highest BCUT2D eigenvalue weighted by atomic mass is 35.5. The molecule has 1 fully saturated rings. The highest BCUT2D eigenvalue weighted by molar-refractivity contribution is 6.30. The summed E-state index contributed by atoms with van der Waals surface area (Å²) in [7, 11) is 0. The van der Waals surface area contributed by atoms with Crippen molar-refractivity contribution in [2.24, 2.45) is 0 Å². The van der Waals surface area contributed by atoms with Gasteiger partial charge in [0.2, 0.25) is 0 Å². The number of aromatic nitrogens is 2. The fourth-order valence-electron chi connectivity index (χ4n) is 4.03. The summed E-state index contributed by atoms with van der Waals surface area (Å²) < 4.78 is 1.95. The van der Waals surface area contributed by atoms with Crippen molar-refractivity contribution >= 4 is 28.3 Å². The monoisotopic (exact) mass is 430 g/mol. The molecule has 0 radical (unpaired) electrons. The smallest absolute Gasteiger partial charge is 0.285 e. The van der Waals surface area contributed by atoms with Gasteiger partial charge < -0.3 is 0 Å². The maximum Gasteiger partial charge on any atom is 0.285 e. The first-order valence-corrected chi connectivity index (χ1v) is 11.0. The Morgan fingerprint density at radius 3 is 2.42 bits per heavy atom. The van der Waals surface area contributed by atoms with Gasteiger partial charge in [0.15, 0.2) is 0 Å². The third kappa shape index (κ3) is 4.20. The average molecular weight is 431 g/mol. The number of piperidine rings is 1. The molecule has 31 heavy (non-hydrogen) atoms. The molecule has 1 amide bonds. The van der Waals surface area contributed by atoms with E-state index in [1.165, 1.54) is 11.8 Å². The van der Waals surface area contributed by atoms with Gasteiger partial charge in [0.05, 0.1) is 0 Å². The maximum absolute atomic E-state index is 13.0. The van der Waals surface area contributed by atoms with Gasteiger partial charge in [0.25, 0.3) is 5.91 Å². The predicted octanol–water partition coefficient (Wildman–Crippen LogP) is 5.48. The number of fused-ring (bicyclic) bond motifs is 1. The topological polar surface area (TPSA) is 50.2 Å². The van der Waals surface area contributed by atoms with Gasteiger partial charge in [-0.1, -0.05) is 54.4 Å². The molecule has 2 heterocycles. The zero-order valence-corrected chi connectivity index (χ0v) is 17.8. The largest absolute Gasteiger partial charge is 0.299 e. The molecule has 1 saturated heterocycles. The summed E-state index contributed by atoms with van der Waals surface area (Å²) in [4.78, 5) is 17.7. The average Bonchev–Trinajstić information content (AvgIpc) is 3.26. The quantitative estimate of drug-likeness (QED) is 0.466. The lowest BCUT2D eigenvalue weighted by molar-refractivity contribution is 0.0745. The van der Waals surface area contributed by atoms with E-state index in [4.69, 9.17) is 16.6 Å². The van der Waals surface area contributed by atoms with Crippen molar-refractivity contribution < 1.29 is 4.79 Å². The van der Waals surface area contributed by atoms with Crippen LogP contribution in [0.2, 0.25) is 5.02 Å². The van der Waals surface area contributed by atoms with Crippen molar-refractivity contribution in [1.29, 1.82) is 0 Å². The van der Waals surface area contributed by atoms with Crippen molar-refractivity contribution in [3.8, 4) is 17.1 Å². The molecule has 4 aromatic rings. The van der Waals surface area contributed by atoms with E-state index in [0.29, 0.717) is 10.7 Å². The van der Waals surface area contributed by atoms with Gasteiger partial charge >= 0.3 is 0 Å². The maximum atomic E-state index is 13.0. The third-order valence-electron chi connectivity index (χ3n) is 5.67. The minimum atomic E-state index is -0.184. The Bertz CT molecular complexity index is 1230. The summed E-state index contributed by atoms with van der Waals surface area (Å²) in [6, 6.07) is 22.0. The molecular weight excluding hydrogens is 408 g/mol. The van der Waals surface area contributed by atoms with E-state index in [0.717, 1.165) is 48.4 Å². The van der Waals surface area contributed by atoms with Crippen LogP contribution in [0.25, 0.3) is 27.8 Å². The number of nitrogens with zero attached hydrogens (tertiary/aromatic N) is 3. The van der Waals surface area contributed by atoms with Gasteiger partial charge in [0, 0.05) is 35.6 Å². The number of imidazole rings is 1. The number of carbonyl (C=O) groups excluding carboxylic acids is 1. The lowest BCUT2D eigenvalue weighted by atomic mass is 10.1. The fraction of sp³-hybridized carbons (Fsp3) is 0.200. The zero-order valence-electron chi connectivity index (χ0n) is 17.1. The van der Waals surface area contributed by atoms with Crippen molar-refractivity contribution in [3.63, 3.8) is 0 Å². The van der Waals surface area contributed by atoms with E-state index >= 15 is 0 Å². The second-order valence-corrected chi connectivity index (χ2v) is 8.28. The van der Waals surface area contributed by atoms with Crippen molar-refractivity contribution in [2.75, 3.05) is 13.1 Å². The molecule has 3 aromatic carbocycles. The van der Waals surface area contributed by atoms with E-state index in [9.17, 15) is 4.79 Å². The molecule has 0 aliphatic carbocycles. The molecule has 1 aromatic heterocycles. The highest BCUT2D eigenvalue weighted by Gasteiger charge is 2.20. The molecule has 0 saturated carbocycles. The van der Waals surface area contributed by atoms with Gasteiger partial charge in [-0.3, -0.25) is 14.8 Å². The number of hydrogen-bond donors (Lipinski definition) is 1. The Morgan fingerprint density at radius 2 is 1.65 bits per heavy atom. The Kier molecular flexibility index (Phi) is 5.45. The van der Waals surface area contributed by atoms with Gasteiger partial charge in [-0.25, -0.2) is 9.99 Å². The molecule has 1 aliphatic heterocycles. The van der Waals surface area contributed by atoms with E-state index in [-0.39, 0.29) is 5.91 Å². The van der Waals surface area contributed by atoms with Gasteiger partial charge in [-0.15, -0.1) is 0 Å². The van der Waals surface area contributed by atoms with Crippen LogP contribution in [0.5, 0.6) is 0 Å². The normalized spacial score (nSPS) is 14.6. The molecule has 0 bridgehead atoms. The molecule has 5 rings (SSSR count). The first-order valence-electron chi connectivity index (χ1n) is 10.6. The number of hydrazine groups is 1. The van der Waals surface area contributed by atoms with Crippen LogP contribution in [-0.2, 0) is 0 Å². The molecule has 5 nitrogen and oxygen atoms in total. The molecule has 6 heteroatoms. The number of hydrogen-bond acceptors (Lipinski definition) is 3. The van der Waals surface area contributed by atoms with Gasteiger partial charge in [-0.2, -0.15) is 0 Å². The van der Waals surface area contributed by atoms with Crippen molar-refractivity contribution in [1.82, 2.24) is 20.0 Å². The van der Waals surface area contributed by atoms with E-state index in [1.807, 2.05) is 52.0 Å². The molecule has 0 unspecified atom stereocenters. The minimum Gasteiger partial charge on any atom is -0.299 e. The number of halogens is 1. The first-order chi connectivity index (χ1) is 15.2. The van der Waals surface area contributed by atoms with Crippen LogP contribution in [-0.4, -0.2) is 33.6 Å². The van der Waals surface area contributed by atoms with Crippen LogP contribution in [0.3, 0.4) is 0 Å². The van der Waals surface area contributed by atoms with E-state index < -0.39 is 0 Å². The fourth-order valence-corrected chi connectivity index (χ4v) is 4.15. The van der Waals surface area contributed by atoms with Crippen LogP contribution in [0.15, 0.2) is 72.9 Å². The van der Waals surface area contributed by atoms with E-state index in [1.54, 1.807) is 6.20 Å². The standard InChI is InChI=1S/C25H23ClN4O/c26-21-10-12-22(13-11-21)30-17-23(25(31)28-29-14-4-1-5-15-29)27-24(30)20-9-8-18-6-2-3-7-19(18)16-20/h2-3,6-13,16-17H,1,4-5,14-15H2,(H,28,31). The number of benzene rings is 3. The number of nitrogens with one attached hydrogen (secondary N) is 1. The van der Waals surface area contributed by atoms with Crippen LogP contribution in [0.1, 0.15) is 29.8 Å². The molecule has 0 atom stereocenters. The number of rotatable bonds is 4. The van der Waals surface area contributed by atoms with Crippen LogP contribution in [0.4, 0.5) is 0 Å². The van der Waals surface area contributed by atoms with Crippen molar-refractivity contribution in [3.05, 3.63) is 83.6 Å². The summed E-state index contributed by atoms with van der Waals surface area (Å²) >= 11 is 6.09. The molecular formula is C25H23ClN4O. The summed E-state index contributed by atoms with van der Waals surface area (Å²) in [5, 5.41) is 4.95. The molecule has 0 spiro atoms. The Labute approximate surface area is 186 Å². The SMILES string of the molecule is O=C(NN1CCCCC1)c1cn(-c2ccc(Cl)cc2)c(-c2ccc3ccccc3c2)n1. The molecule has 1 aliphatic rings. The third-order valence-corrected chi connectivity index (χ3v) is 5.92. The summed E-state index contributed by atoms with van der Waals surface area (Å²) in [5.74, 6) is 0.536. The number of carbonyl (C=O) groups is 1. The predicted molar refractivity (Wildman–Crippen MR) is 124 cm³/mol. The minimum absolute atomic E-state index is 0.184. The molecule has 1 N–H and O–H groups in total. The second-order valence-electron chi connectivity index (χ2n) is 7.85. The van der Waals surface area contributed by atoms with Crippen LogP contribution < -0.4 is 5.43 Å². The summed E-state index contributed by atoms with van der Waals surface area (Å²) in [6.07, 6.45) is 5.21. The van der Waals surface area contributed by atoms with Crippen molar-refractivity contribution in [2.45, 2.75) is 19.3 Å².